The van der Waals surface area contributed by atoms with Gasteiger partial charge in [-0.15, -0.1) is 0 Å². The second-order valence-corrected chi connectivity index (χ2v) is 7.88. The summed E-state index contributed by atoms with van der Waals surface area (Å²) in [6, 6.07) is 17.6. The van der Waals surface area contributed by atoms with Crippen LogP contribution in [-0.2, 0) is 20.8 Å². The molecule has 6 heteroatoms. The average molecular weight is 436 g/mol. The summed E-state index contributed by atoms with van der Waals surface area (Å²) < 4.78 is 17.8. The Morgan fingerprint density at radius 2 is 1.91 bits per heavy atom. The Labute approximate surface area is 187 Å². The Hall–Kier alpha value is -3.09. The van der Waals surface area contributed by atoms with Gasteiger partial charge in [0.25, 0.3) is 5.91 Å². The second kappa shape index (κ2) is 10.5. The summed E-state index contributed by atoms with van der Waals surface area (Å²) in [5.74, 6) is -0.242. The number of benzene rings is 2. The number of amides is 1. The van der Waals surface area contributed by atoms with E-state index in [2.05, 4.69) is 5.32 Å². The van der Waals surface area contributed by atoms with Crippen LogP contribution in [0.5, 0.6) is 0 Å². The van der Waals surface area contributed by atoms with Gasteiger partial charge < -0.3 is 24.3 Å². The Bertz CT molecular complexity index is 1060. The largest absolute Gasteiger partial charge is 0.464 e. The zero-order valence-corrected chi connectivity index (χ0v) is 18.2. The molecule has 2 heterocycles. The van der Waals surface area contributed by atoms with Gasteiger partial charge in [-0.2, -0.15) is 0 Å². The van der Waals surface area contributed by atoms with E-state index in [0.29, 0.717) is 26.0 Å². The third kappa shape index (κ3) is 4.87. The molecule has 168 valence electrons. The number of furan rings is 1. The molecule has 6 nitrogen and oxygen atoms in total. The fraction of sp³-hybridized carbons (Fsp3) is 0.346. The van der Waals surface area contributed by atoms with Crippen LogP contribution >= 0.6 is 0 Å². The number of nitrogens with one attached hydrogen (secondary N) is 1. The predicted octanol–water partition coefficient (Wildman–Crippen LogP) is 4.50. The zero-order valence-electron chi connectivity index (χ0n) is 18.2. The van der Waals surface area contributed by atoms with Crippen LogP contribution in [0.25, 0.3) is 11.0 Å². The molecule has 32 heavy (non-hydrogen) atoms. The fourth-order valence-electron chi connectivity index (χ4n) is 4.24. The quantitative estimate of drug-likeness (QED) is 0.517. The van der Waals surface area contributed by atoms with E-state index in [0.717, 1.165) is 22.1 Å². The fourth-order valence-corrected chi connectivity index (χ4v) is 4.24. The molecule has 0 fully saturated rings. The number of hydrogen-bond acceptors (Lipinski definition) is 5. The van der Waals surface area contributed by atoms with Crippen LogP contribution < -0.4 is 5.32 Å². The number of hydrogen-bond donors (Lipinski definition) is 2. The third-order valence-corrected chi connectivity index (χ3v) is 5.80. The highest BCUT2D eigenvalue weighted by Crippen LogP contribution is 2.42. The Balaban J connectivity index is 1.65. The third-order valence-electron chi connectivity index (χ3n) is 5.80. The van der Waals surface area contributed by atoms with Crippen molar-refractivity contribution in [3.63, 3.8) is 0 Å². The zero-order chi connectivity index (χ0) is 22.3. The van der Waals surface area contributed by atoms with E-state index < -0.39 is 6.29 Å². The highest BCUT2D eigenvalue weighted by Gasteiger charge is 2.39. The molecule has 1 aliphatic heterocycles. The van der Waals surface area contributed by atoms with Crippen molar-refractivity contribution in [1.29, 1.82) is 0 Å². The summed E-state index contributed by atoms with van der Waals surface area (Å²) in [6.07, 6.45) is 4.35. The van der Waals surface area contributed by atoms with Crippen molar-refractivity contribution in [2.75, 3.05) is 13.2 Å². The molecule has 0 saturated heterocycles. The smallest absolute Gasteiger partial charge is 0.286 e. The number of carbonyl (C=O) groups is 1. The van der Waals surface area contributed by atoms with E-state index in [1.54, 1.807) is 6.26 Å². The SMILES string of the molecule is CCO[C@H]1OC(C(=O)NCc2ccccc2)=C[C@@H](c2coc3ccccc23)[C@@H]1CCCO. The molecule has 4 rings (SSSR count). The molecule has 3 atom stereocenters. The van der Waals surface area contributed by atoms with Crippen molar-refractivity contribution in [1.82, 2.24) is 5.32 Å². The van der Waals surface area contributed by atoms with Gasteiger partial charge in [-0.25, -0.2) is 0 Å². The lowest BCUT2D eigenvalue weighted by Gasteiger charge is -2.36. The van der Waals surface area contributed by atoms with Gasteiger partial charge >= 0.3 is 0 Å². The van der Waals surface area contributed by atoms with Crippen molar-refractivity contribution >= 4 is 16.9 Å². The van der Waals surface area contributed by atoms with Gasteiger partial charge in [-0.05, 0) is 37.5 Å². The van der Waals surface area contributed by atoms with Gasteiger partial charge in [0, 0.05) is 42.5 Å². The molecule has 3 aromatic rings. The predicted molar refractivity (Wildman–Crippen MR) is 122 cm³/mol. The minimum atomic E-state index is -0.590. The number of ether oxygens (including phenoxy) is 2. The van der Waals surface area contributed by atoms with Crippen molar-refractivity contribution in [3.05, 3.63) is 83.8 Å². The van der Waals surface area contributed by atoms with Gasteiger partial charge in [-0.3, -0.25) is 4.79 Å². The van der Waals surface area contributed by atoms with Crippen LogP contribution in [0.1, 0.15) is 36.8 Å². The standard InChI is InChI=1S/C26H29NO5/c1-2-30-26-20(12-8-14-28)21(22-17-31-23-13-7-6-11-19(22)23)15-24(32-26)25(29)27-16-18-9-4-3-5-10-18/h3-7,9-11,13,15,17,20-21,26,28H,2,8,12,14,16H2,1H3,(H,27,29)/t20-,21+,26-/m0/s1. The maximum absolute atomic E-state index is 13.0. The molecule has 2 aromatic carbocycles. The van der Waals surface area contributed by atoms with E-state index in [9.17, 15) is 9.90 Å². The summed E-state index contributed by atoms with van der Waals surface area (Å²) >= 11 is 0. The van der Waals surface area contributed by atoms with E-state index >= 15 is 0 Å². The van der Waals surface area contributed by atoms with Gasteiger partial charge in [0.2, 0.25) is 6.29 Å². The number of aliphatic hydroxyl groups is 1. The second-order valence-electron chi connectivity index (χ2n) is 7.88. The summed E-state index contributed by atoms with van der Waals surface area (Å²) in [4.78, 5) is 13.0. The summed E-state index contributed by atoms with van der Waals surface area (Å²) in [5, 5.41) is 13.4. The summed E-state index contributed by atoms with van der Waals surface area (Å²) in [7, 11) is 0. The first-order chi connectivity index (χ1) is 15.7. The van der Waals surface area contributed by atoms with Gasteiger partial charge in [0.15, 0.2) is 5.76 Å². The highest BCUT2D eigenvalue weighted by molar-refractivity contribution is 5.92. The first-order valence-corrected chi connectivity index (χ1v) is 11.1. The highest BCUT2D eigenvalue weighted by atomic mass is 16.7. The normalized spacial score (nSPS) is 20.6. The minimum Gasteiger partial charge on any atom is -0.464 e. The molecular formula is C26H29NO5. The Morgan fingerprint density at radius 3 is 2.69 bits per heavy atom. The topological polar surface area (TPSA) is 80.9 Å². The first-order valence-electron chi connectivity index (χ1n) is 11.1. The number of aliphatic hydroxyl groups excluding tert-OH is 1. The molecule has 0 aliphatic carbocycles. The molecule has 1 amide bonds. The van der Waals surface area contributed by atoms with Crippen LogP contribution in [0.4, 0.5) is 0 Å². The monoisotopic (exact) mass is 435 g/mol. The number of carbonyl (C=O) groups excluding carboxylic acids is 1. The molecule has 0 saturated carbocycles. The van der Waals surface area contributed by atoms with Gasteiger partial charge in [0.1, 0.15) is 5.58 Å². The van der Waals surface area contributed by atoms with Crippen molar-refractivity contribution in [3.8, 4) is 0 Å². The van der Waals surface area contributed by atoms with Crippen LogP contribution in [0.2, 0.25) is 0 Å². The minimum absolute atomic E-state index is 0.0613. The van der Waals surface area contributed by atoms with Crippen molar-refractivity contribution in [2.24, 2.45) is 5.92 Å². The molecule has 1 aromatic heterocycles. The van der Waals surface area contributed by atoms with E-state index in [1.165, 1.54) is 0 Å². The van der Waals surface area contributed by atoms with E-state index in [4.69, 9.17) is 13.9 Å². The van der Waals surface area contributed by atoms with Crippen molar-refractivity contribution < 1.29 is 23.8 Å². The van der Waals surface area contributed by atoms with Gasteiger partial charge in [-0.1, -0.05) is 48.5 Å². The van der Waals surface area contributed by atoms with Crippen LogP contribution in [-0.4, -0.2) is 30.5 Å². The number of fused-ring (bicyclic) bond motifs is 1. The number of allylic oxidation sites excluding steroid dienone is 1. The van der Waals surface area contributed by atoms with E-state index in [-0.39, 0.29) is 30.1 Å². The van der Waals surface area contributed by atoms with Crippen LogP contribution in [0, 0.1) is 5.92 Å². The maximum atomic E-state index is 13.0. The lowest BCUT2D eigenvalue weighted by molar-refractivity contribution is -0.166. The average Bonchev–Trinajstić information content (AvgIpc) is 3.26. The van der Waals surface area contributed by atoms with E-state index in [1.807, 2.05) is 67.6 Å². The molecule has 0 bridgehead atoms. The number of rotatable bonds is 9. The summed E-state index contributed by atoms with van der Waals surface area (Å²) in [6.45, 7) is 2.86. The Kier molecular flexibility index (Phi) is 7.24. The summed E-state index contributed by atoms with van der Waals surface area (Å²) in [5.41, 5.74) is 2.80. The number of para-hydroxylation sites is 1. The first kappa shape index (κ1) is 22.1. The molecule has 0 unspecified atom stereocenters. The molecule has 2 N–H and O–H groups in total. The van der Waals surface area contributed by atoms with Crippen LogP contribution in [0.15, 0.2) is 77.1 Å². The molecular weight excluding hydrogens is 406 g/mol. The molecule has 0 radical (unpaired) electrons. The Morgan fingerprint density at radius 1 is 1.12 bits per heavy atom. The van der Waals surface area contributed by atoms with Gasteiger partial charge in [0.05, 0.1) is 6.26 Å². The van der Waals surface area contributed by atoms with Crippen LogP contribution in [0.3, 0.4) is 0 Å². The molecule has 1 aliphatic rings. The van der Waals surface area contributed by atoms with Crippen molar-refractivity contribution in [2.45, 2.75) is 38.5 Å². The lowest BCUT2D eigenvalue weighted by atomic mass is 9.80. The lowest BCUT2D eigenvalue weighted by Crippen LogP contribution is -2.38. The molecule has 0 spiro atoms. The maximum Gasteiger partial charge on any atom is 0.286 e.